The number of benzene rings is 2. The van der Waals surface area contributed by atoms with Crippen LogP contribution in [0, 0.1) is 0 Å². The van der Waals surface area contributed by atoms with Gasteiger partial charge in [0.1, 0.15) is 16.7 Å². The van der Waals surface area contributed by atoms with Gasteiger partial charge in [-0.15, -0.1) is 0 Å². The molecule has 12 nitrogen and oxygen atoms in total. The average molecular weight is 630 g/mol. The van der Waals surface area contributed by atoms with E-state index >= 15 is 0 Å². The molecule has 14 heteroatoms. The lowest BCUT2D eigenvalue weighted by atomic mass is 9.90. The number of carbonyl (C=O) groups is 4. The zero-order valence-electron chi connectivity index (χ0n) is 23.5. The van der Waals surface area contributed by atoms with E-state index < -0.39 is 17.8 Å². The van der Waals surface area contributed by atoms with Gasteiger partial charge >= 0.3 is 12.2 Å². The fourth-order valence-electron chi connectivity index (χ4n) is 5.23. The van der Waals surface area contributed by atoms with E-state index in [1.165, 1.54) is 7.11 Å². The van der Waals surface area contributed by atoms with Crippen molar-refractivity contribution in [2.45, 2.75) is 44.6 Å². The number of hydrogen-bond acceptors (Lipinski definition) is 7. The predicted molar refractivity (Wildman–Crippen MR) is 161 cm³/mol. The number of unbranched alkanes of at least 4 members (excludes halogenated alkanes) is 1. The fraction of sp³-hybridized carbons (Fsp3) is 0.345. The quantitative estimate of drug-likeness (QED) is 0.241. The van der Waals surface area contributed by atoms with Gasteiger partial charge in [0.15, 0.2) is 5.60 Å². The first-order valence-electron chi connectivity index (χ1n) is 13.7. The van der Waals surface area contributed by atoms with E-state index in [1.807, 2.05) is 6.92 Å². The van der Waals surface area contributed by atoms with Crippen LogP contribution in [0.2, 0.25) is 10.2 Å². The third kappa shape index (κ3) is 6.55. The van der Waals surface area contributed by atoms with Gasteiger partial charge in [0.25, 0.3) is 0 Å². The molecular weight excluding hydrogens is 599 g/mol. The second-order valence-electron chi connectivity index (χ2n) is 10.3. The zero-order chi connectivity index (χ0) is 30.7. The summed E-state index contributed by atoms with van der Waals surface area (Å²) in [7, 11) is 1.25. The van der Waals surface area contributed by atoms with E-state index in [0.29, 0.717) is 65.0 Å². The minimum Gasteiger partial charge on any atom is -0.453 e. The van der Waals surface area contributed by atoms with Crippen molar-refractivity contribution >= 4 is 64.3 Å². The molecule has 3 aromatic rings. The van der Waals surface area contributed by atoms with E-state index in [-0.39, 0.29) is 29.9 Å². The fourth-order valence-corrected chi connectivity index (χ4v) is 5.66. The van der Waals surface area contributed by atoms with E-state index in [4.69, 9.17) is 27.9 Å². The number of nitrogens with zero attached hydrogens (tertiary/aromatic N) is 2. The maximum atomic E-state index is 13.4. The van der Waals surface area contributed by atoms with Crippen molar-refractivity contribution < 1.29 is 28.7 Å². The van der Waals surface area contributed by atoms with E-state index in [2.05, 4.69) is 30.7 Å². The number of amides is 4. The summed E-state index contributed by atoms with van der Waals surface area (Å²) in [5.41, 5.74) is 1.92. The summed E-state index contributed by atoms with van der Waals surface area (Å²) in [6.45, 7) is 2.51. The van der Waals surface area contributed by atoms with Crippen molar-refractivity contribution in [3.05, 3.63) is 58.0 Å². The molecule has 0 unspecified atom stereocenters. The number of rotatable bonds is 8. The third-order valence-corrected chi connectivity index (χ3v) is 7.86. The smallest absolute Gasteiger partial charge is 0.412 e. The van der Waals surface area contributed by atoms with Crippen molar-refractivity contribution in [1.29, 1.82) is 0 Å². The number of methoxy groups -OCH3 is 1. The number of aromatic nitrogens is 2. The van der Waals surface area contributed by atoms with Gasteiger partial charge in [-0.1, -0.05) is 36.5 Å². The monoisotopic (exact) mass is 628 g/mol. The van der Waals surface area contributed by atoms with Gasteiger partial charge in [-0.25, -0.2) is 14.6 Å². The molecule has 1 atom stereocenters. The van der Waals surface area contributed by atoms with Crippen LogP contribution in [0.1, 0.15) is 44.0 Å². The molecular formula is C29H30Cl2N6O6. The highest BCUT2D eigenvalue weighted by Gasteiger charge is 2.48. The molecule has 1 saturated heterocycles. The second kappa shape index (κ2) is 12.5. The molecule has 2 aliphatic rings. The summed E-state index contributed by atoms with van der Waals surface area (Å²) in [5, 5.41) is 8.80. The van der Waals surface area contributed by atoms with Gasteiger partial charge in [-0.3, -0.25) is 20.2 Å². The third-order valence-electron chi connectivity index (χ3n) is 7.35. The SMILES string of the molecule is CCCCC(=O)Nc1cc(NC(=O)OC)ccc1-c1nc(CC(=O)N2CC[C@@]3(C2)OC(=O)Nc2ccc(Cl)cc23)[nH]c1Cl. The summed E-state index contributed by atoms with van der Waals surface area (Å²) < 4.78 is 10.4. The Labute approximate surface area is 257 Å². The summed E-state index contributed by atoms with van der Waals surface area (Å²) in [5.74, 6) is -0.126. The molecule has 1 spiro atoms. The zero-order valence-corrected chi connectivity index (χ0v) is 25.0. The van der Waals surface area contributed by atoms with Crippen LogP contribution in [0.25, 0.3) is 11.3 Å². The van der Waals surface area contributed by atoms with Crippen LogP contribution in [0.4, 0.5) is 26.7 Å². The minimum absolute atomic E-state index is 0.0927. The maximum Gasteiger partial charge on any atom is 0.412 e. The van der Waals surface area contributed by atoms with Crippen LogP contribution in [-0.2, 0) is 31.1 Å². The number of nitrogens with one attached hydrogen (secondary N) is 4. The Bertz CT molecular complexity index is 1590. The molecule has 43 heavy (non-hydrogen) atoms. The standard InChI is InChI=1S/C29H30Cl2N6O6/c1-3-4-5-23(38)33-21-13-17(32-27(40)42-2)7-8-18(21)25-26(31)36-22(35-25)14-24(39)37-11-10-29(15-37)19-12-16(30)6-9-20(19)34-28(41)43-29/h6-9,12-13H,3-5,10-11,14-15H2,1-2H3,(H,32,40)(H,33,38)(H,34,41)(H,35,36)/t29-/m0/s1. The van der Waals surface area contributed by atoms with Gasteiger partial charge in [0.05, 0.1) is 31.5 Å². The number of fused-ring (bicyclic) bond motifs is 2. The summed E-state index contributed by atoms with van der Waals surface area (Å²) in [4.78, 5) is 59.2. The highest BCUT2D eigenvalue weighted by Crippen LogP contribution is 2.44. The molecule has 226 valence electrons. The Kier molecular flexibility index (Phi) is 8.79. The summed E-state index contributed by atoms with van der Waals surface area (Å²) >= 11 is 12.8. The average Bonchev–Trinajstić information content (AvgIpc) is 3.56. The van der Waals surface area contributed by atoms with E-state index in [9.17, 15) is 19.2 Å². The Morgan fingerprint density at radius 2 is 1.98 bits per heavy atom. The van der Waals surface area contributed by atoms with Crippen LogP contribution in [-0.4, -0.2) is 59.1 Å². The van der Waals surface area contributed by atoms with Crippen molar-refractivity contribution in [1.82, 2.24) is 14.9 Å². The molecule has 4 N–H and O–H groups in total. The first-order chi connectivity index (χ1) is 20.6. The number of aromatic amines is 1. The molecule has 5 rings (SSSR count). The van der Waals surface area contributed by atoms with Gasteiger partial charge in [-0.05, 0) is 42.8 Å². The van der Waals surface area contributed by atoms with Crippen LogP contribution >= 0.6 is 23.2 Å². The van der Waals surface area contributed by atoms with Crippen LogP contribution < -0.4 is 16.0 Å². The number of carbonyl (C=O) groups excluding carboxylic acids is 4. The first kappa shape index (κ1) is 30.2. The van der Waals surface area contributed by atoms with E-state index in [0.717, 1.165) is 12.0 Å². The maximum absolute atomic E-state index is 13.4. The number of imidazole rings is 1. The Balaban J connectivity index is 1.35. The second-order valence-corrected chi connectivity index (χ2v) is 11.1. The lowest BCUT2D eigenvalue weighted by Crippen LogP contribution is -2.43. The van der Waals surface area contributed by atoms with Crippen molar-refractivity contribution in [2.75, 3.05) is 36.1 Å². The Morgan fingerprint density at radius 1 is 1.16 bits per heavy atom. The number of halogens is 2. The number of ether oxygens (including phenoxy) is 2. The molecule has 0 aliphatic carbocycles. The number of hydrogen-bond donors (Lipinski definition) is 4. The highest BCUT2D eigenvalue weighted by molar-refractivity contribution is 6.32. The number of anilines is 3. The number of likely N-dealkylation sites (tertiary alicyclic amines) is 1. The van der Waals surface area contributed by atoms with Crippen molar-refractivity contribution in [3.8, 4) is 11.3 Å². The molecule has 2 aromatic carbocycles. The molecule has 3 heterocycles. The topological polar surface area (TPSA) is 155 Å². The molecule has 1 fully saturated rings. The van der Waals surface area contributed by atoms with Gasteiger partial charge in [0.2, 0.25) is 11.8 Å². The van der Waals surface area contributed by atoms with Crippen LogP contribution in [0.5, 0.6) is 0 Å². The summed E-state index contributed by atoms with van der Waals surface area (Å²) in [6.07, 6.45) is 0.952. The lowest BCUT2D eigenvalue weighted by Gasteiger charge is -2.35. The minimum atomic E-state index is -1.00. The normalized spacial score (nSPS) is 17.2. The van der Waals surface area contributed by atoms with Gasteiger partial charge < -0.3 is 24.7 Å². The first-order valence-corrected chi connectivity index (χ1v) is 14.5. The molecule has 0 bridgehead atoms. The van der Waals surface area contributed by atoms with Gasteiger partial charge in [-0.2, -0.15) is 0 Å². The van der Waals surface area contributed by atoms with Crippen LogP contribution in [0.3, 0.4) is 0 Å². The predicted octanol–water partition coefficient (Wildman–Crippen LogP) is 5.92. The highest BCUT2D eigenvalue weighted by atomic mass is 35.5. The molecule has 4 amide bonds. The lowest BCUT2D eigenvalue weighted by molar-refractivity contribution is -0.130. The van der Waals surface area contributed by atoms with E-state index in [1.54, 1.807) is 41.3 Å². The number of H-pyrrole nitrogens is 1. The molecule has 0 radical (unpaired) electrons. The molecule has 1 aromatic heterocycles. The Morgan fingerprint density at radius 3 is 2.74 bits per heavy atom. The van der Waals surface area contributed by atoms with Crippen molar-refractivity contribution in [3.63, 3.8) is 0 Å². The molecule has 0 saturated carbocycles. The van der Waals surface area contributed by atoms with Crippen molar-refractivity contribution in [2.24, 2.45) is 0 Å². The summed E-state index contributed by atoms with van der Waals surface area (Å²) in [6, 6.07) is 10.0. The van der Waals surface area contributed by atoms with Crippen LogP contribution in [0.15, 0.2) is 36.4 Å². The molecule has 2 aliphatic heterocycles. The Hall–Kier alpha value is -4.29. The largest absolute Gasteiger partial charge is 0.453 e. The van der Waals surface area contributed by atoms with Gasteiger partial charge in [0, 0.05) is 41.2 Å².